The standard InChI is InChI=1S/C22H30N2O6/c1-5-10-23-11-14-16(13-8-9-15(28-2)21(30-4)20(13)29-3)17(18(24-14)22(26)27)19(25)12-6-7-12/h8-9,12,19,23-25H,5-7,10-11H2,1-4H3,(H,26,27). The number of carboxylic acids is 1. The van der Waals surface area contributed by atoms with Gasteiger partial charge in [-0.15, -0.1) is 0 Å². The van der Waals surface area contributed by atoms with Crippen LogP contribution >= 0.6 is 0 Å². The SMILES string of the molecule is CCCNCc1[nH]c(C(=O)O)c(C(O)C2CC2)c1-c1ccc(OC)c(OC)c1OC. The summed E-state index contributed by atoms with van der Waals surface area (Å²) < 4.78 is 16.6. The second-order valence-electron chi connectivity index (χ2n) is 7.41. The molecule has 3 rings (SSSR count). The molecule has 0 spiro atoms. The number of carbonyl (C=O) groups is 1. The summed E-state index contributed by atoms with van der Waals surface area (Å²) in [4.78, 5) is 15.1. The number of rotatable bonds is 11. The van der Waals surface area contributed by atoms with E-state index in [2.05, 4.69) is 17.2 Å². The molecule has 30 heavy (non-hydrogen) atoms. The lowest BCUT2D eigenvalue weighted by molar-refractivity contribution is 0.0681. The first-order chi connectivity index (χ1) is 14.5. The quantitative estimate of drug-likeness (QED) is 0.414. The summed E-state index contributed by atoms with van der Waals surface area (Å²) in [7, 11) is 4.59. The van der Waals surface area contributed by atoms with Crippen molar-refractivity contribution in [1.29, 1.82) is 0 Å². The van der Waals surface area contributed by atoms with Crippen LogP contribution in [0.15, 0.2) is 12.1 Å². The highest BCUT2D eigenvalue weighted by molar-refractivity contribution is 5.93. The third kappa shape index (κ3) is 4.11. The van der Waals surface area contributed by atoms with Gasteiger partial charge in [-0.2, -0.15) is 0 Å². The van der Waals surface area contributed by atoms with Crippen molar-refractivity contribution < 1.29 is 29.2 Å². The van der Waals surface area contributed by atoms with Crippen molar-refractivity contribution in [3.05, 3.63) is 29.1 Å². The first-order valence-electron chi connectivity index (χ1n) is 10.1. The van der Waals surface area contributed by atoms with Crippen LogP contribution in [0.4, 0.5) is 0 Å². The zero-order valence-electron chi connectivity index (χ0n) is 17.9. The Morgan fingerprint density at radius 1 is 1.20 bits per heavy atom. The number of benzene rings is 1. The Morgan fingerprint density at radius 3 is 2.43 bits per heavy atom. The molecule has 8 nitrogen and oxygen atoms in total. The van der Waals surface area contributed by atoms with Gasteiger partial charge in [-0.05, 0) is 43.9 Å². The molecule has 1 aromatic carbocycles. The van der Waals surface area contributed by atoms with E-state index in [1.165, 1.54) is 21.3 Å². The predicted molar refractivity (Wildman–Crippen MR) is 113 cm³/mol. The number of aromatic carboxylic acids is 1. The van der Waals surface area contributed by atoms with Crippen LogP contribution in [0.2, 0.25) is 0 Å². The van der Waals surface area contributed by atoms with Crippen molar-refractivity contribution in [1.82, 2.24) is 10.3 Å². The molecular weight excluding hydrogens is 388 g/mol. The molecule has 0 amide bonds. The summed E-state index contributed by atoms with van der Waals surface area (Å²) in [5, 5.41) is 24.2. The van der Waals surface area contributed by atoms with Crippen molar-refractivity contribution >= 4 is 5.97 Å². The van der Waals surface area contributed by atoms with Gasteiger partial charge in [-0.3, -0.25) is 0 Å². The summed E-state index contributed by atoms with van der Waals surface area (Å²) >= 11 is 0. The molecule has 0 bridgehead atoms. The molecule has 8 heteroatoms. The minimum Gasteiger partial charge on any atom is -0.493 e. The maximum absolute atomic E-state index is 12.0. The number of aliphatic hydroxyl groups is 1. The number of hydrogen-bond donors (Lipinski definition) is 4. The molecular formula is C22H30N2O6. The Hall–Kier alpha value is -2.71. The van der Waals surface area contributed by atoms with E-state index in [0.717, 1.165) is 25.8 Å². The van der Waals surface area contributed by atoms with Crippen LogP contribution in [0.25, 0.3) is 11.1 Å². The zero-order valence-corrected chi connectivity index (χ0v) is 17.9. The number of hydrogen-bond acceptors (Lipinski definition) is 6. The maximum atomic E-state index is 12.0. The van der Waals surface area contributed by atoms with Crippen LogP contribution in [0, 0.1) is 5.92 Å². The number of aliphatic hydroxyl groups excluding tert-OH is 1. The summed E-state index contributed by atoms with van der Waals surface area (Å²) in [5.41, 5.74) is 2.36. The van der Waals surface area contributed by atoms with Gasteiger partial charge in [0.15, 0.2) is 11.5 Å². The molecule has 4 N–H and O–H groups in total. The number of aromatic nitrogens is 1. The van der Waals surface area contributed by atoms with Crippen molar-refractivity contribution in [3.63, 3.8) is 0 Å². The monoisotopic (exact) mass is 418 g/mol. The van der Waals surface area contributed by atoms with E-state index in [1.54, 1.807) is 12.1 Å². The number of methoxy groups -OCH3 is 3. The van der Waals surface area contributed by atoms with Crippen LogP contribution in [0.1, 0.15) is 54.0 Å². The Bertz CT molecular complexity index is 904. The number of carboxylic acid groups (broad SMARTS) is 1. The predicted octanol–water partition coefficient (Wildman–Crippen LogP) is 3.35. The fourth-order valence-electron chi connectivity index (χ4n) is 3.81. The normalized spacial score (nSPS) is 14.4. The minimum absolute atomic E-state index is 0.00883. The molecule has 1 fully saturated rings. The van der Waals surface area contributed by atoms with E-state index < -0.39 is 12.1 Å². The van der Waals surface area contributed by atoms with Crippen LogP contribution < -0.4 is 19.5 Å². The maximum Gasteiger partial charge on any atom is 0.352 e. The van der Waals surface area contributed by atoms with Gasteiger partial charge in [-0.25, -0.2) is 4.79 Å². The van der Waals surface area contributed by atoms with Crippen molar-refractivity contribution in [3.8, 4) is 28.4 Å². The van der Waals surface area contributed by atoms with Gasteiger partial charge in [-0.1, -0.05) is 6.92 Å². The van der Waals surface area contributed by atoms with Crippen LogP contribution in [0.5, 0.6) is 17.2 Å². The highest BCUT2D eigenvalue weighted by atomic mass is 16.5. The van der Waals surface area contributed by atoms with Gasteiger partial charge in [0.1, 0.15) is 5.69 Å². The van der Waals surface area contributed by atoms with Gasteiger partial charge >= 0.3 is 5.97 Å². The highest BCUT2D eigenvalue weighted by Crippen LogP contribution is 2.50. The highest BCUT2D eigenvalue weighted by Gasteiger charge is 2.38. The molecule has 0 saturated heterocycles. The van der Waals surface area contributed by atoms with E-state index in [4.69, 9.17) is 14.2 Å². The third-order valence-corrected chi connectivity index (χ3v) is 5.40. The van der Waals surface area contributed by atoms with Gasteiger partial charge in [0, 0.05) is 28.9 Å². The van der Waals surface area contributed by atoms with Gasteiger partial charge in [0.2, 0.25) is 5.75 Å². The molecule has 1 aliphatic rings. The Balaban J connectivity index is 2.27. The molecule has 1 atom stereocenters. The molecule has 2 aromatic rings. The lowest BCUT2D eigenvalue weighted by atomic mass is 9.93. The Labute approximate surface area is 176 Å². The van der Waals surface area contributed by atoms with Crippen molar-refractivity contribution in [2.45, 2.75) is 38.8 Å². The van der Waals surface area contributed by atoms with E-state index in [1.807, 2.05) is 0 Å². The average molecular weight is 418 g/mol. The summed E-state index contributed by atoms with van der Waals surface area (Å²) in [5.74, 6) is 0.290. The molecule has 1 aliphatic carbocycles. The van der Waals surface area contributed by atoms with Gasteiger partial charge < -0.3 is 34.7 Å². The average Bonchev–Trinajstić information content (AvgIpc) is 3.53. The summed E-state index contributed by atoms with van der Waals surface area (Å²) in [6.07, 6.45) is 1.81. The van der Waals surface area contributed by atoms with E-state index in [-0.39, 0.29) is 11.6 Å². The lowest BCUT2D eigenvalue weighted by Crippen LogP contribution is -2.15. The molecule has 164 valence electrons. The van der Waals surface area contributed by atoms with E-state index >= 15 is 0 Å². The topological polar surface area (TPSA) is 113 Å². The second kappa shape index (κ2) is 9.40. The molecule has 1 heterocycles. The van der Waals surface area contributed by atoms with Crippen LogP contribution in [-0.4, -0.2) is 49.0 Å². The summed E-state index contributed by atoms with van der Waals surface area (Å²) in [6.45, 7) is 3.27. The molecule has 1 unspecified atom stereocenters. The fraction of sp³-hybridized carbons (Fsp3) is 0.500. The number of ether oxygens (including phenoxy) is 3. The second-order valence-corrected chi connectivity index (χ2v) is 7.41. The number of nitrogens with one attached hydrogen (secondary N) is 2. The fourth-order valence-corrected chi connectivity index (χ4v) is 3.81. The van der Waals surface area contributed by atoms with Gasteiger partial charge in [0.05, 0.1) is 27.4 Å². The molecule has 0 aliphatic heterocycles. The third-order valence-electron chi connectivity index (χ3n) is 5.40. The van der Waals surface area contributed by atoms with E-state index in [9.17, 15) is 15.0 Å². The summed E-state index contributed by atoms with van der Waals surface area (Å²) in [6, 6.07) is 3.56. The first kappa shape index (κ1) is 22.0. The van der Waals surface area contributed by atoms with Crippen molar-refractivity contribution in [2.24, 2.45) is 5.92 Å². The smallest absolute Gasteiger partial charge is 0.352 e. The number of H-pyrrole nitrogens is 1. The minimum atomic E-state index is -1.10. The van der Waals surface area contributed by atoms with Crippen molar-refractivity contribution in [2.75, 3.05) is 27.9 Å². The largest absolute Gasteiger partial charge is 0.493 e. The Kier molecular flexibility index (Phi) is 6.89. The number of aromatic amines is 1. The van der Waals surface area contributed by atoms with Gasteiger partial charge in [0.25, 0.3) is 0 Å². The zero-order chi connectivity index (χ0) is 21.8. The lowest BCUT2D eigenvalue weighted by Gasteiger charge is -2.19. The Morgan fingerprint density at radius 2 is 1.90 bits per heavy atom. The first-order valence-corrected chi connectivity index (χ1v) is 10.1. The molecule has 1 aromatic heterocycles. The van der Waals surface area contributed by atoms with E-state index in [0.29, 0.717) is 46.2 Å². The van der Waals surface area contributed by atoms with Crippen LogP contribution in [-0.2, 0) is 6.54 Å². The molecule has 0 radical (unpaired) electrons. The molecule has 1 saturated carbocycles. The van der Waals surface area contributed by atoms with Crippen LogP contribution in [0.3, 0.4) is 0 Å².